The minimum Gasteiger partial charge on any atom is -0.407 e. The van der Waals surface area contributed by atoms with Gasteiger partial charge in [-0.15, -0.1) is 12.4 Å². The summed E-state index contributed by atoms with van der Waals surface area (Å²) in [5.74, 6) is -1.04. The first-order valence-corrected chi connectivity index (χ1v) is 3.12. The predicted octanol–water partition coefficient (Wildman–Crippen LogP) is 1.29. The number of amides is 1. The zero-order valence-electron chi connectivity index (χ0n) is 6.49. The number of nitrogens with two attached hydrogens (primary N) is 2. The molecule has 0 unspecified atom stereocenters. The first kappa shape index (κ1) is 11.5. The molecule has 0 fully saturated rings. The first-order chi connectivity index (χ1) is 5.61. The van der Waals surface area contributed by atoms with Crippen molar-refractivity contribution in [3.63, 3.8) is 0 Å². The van der Waals surface area contributed by atoms with Crippen LogP contribution < -0.4 is 16.2 Å². The Labute approximate surface area is 80.1 Å². The van der Waals surface area contributed by atoms with Crippen LogP contribution in [0, 0.1) is 5.82 Å². The monoisotopic (exact) mass is 206 g/mol. The molecule has 4 N–H and O–H groups in total. The van der Waals surface area contributed by atoms with Crippen LogP contribution in [0.1, 0.15) is 0 Å². The molecule has 72 valence electrons. The molecule has 13 heavy (non-hydrogen) atoms. The highest BCUT2D eigenvalue weighted by Crippen LogP contribution is 2.21. The number of benzene rings is 1. The SMILES string of the molecule is Cl.NC(=O)Oc1cccc(N)c1F. The molecule has 1 rings (SSSR count). The molecule has 0 heterocycles. The van der Waals surface area contributed by atoms with Gasteiger partial charge in [-0.1, -0.05) is 6.07 Å². The van der Waals surface area contributed by atoms with Gasteiger partial charge >= 0.3 is 6.09 Å². The van der Waals surface area contributed by atoms with E-state index in [9.17, 15) is 9.18 Å². The zero-order chi connectivity index (χ0) is 9.14. The van der Waals surface area contributed by atoms with Crippen molar-refractivity contribution in [2.75, 3.05) is 5.73 Å². The van der Waals surface area contributed by atoms with Gasteiger partial charge in [0.2, 0.25) is 0 Å². The van der Waals surface area contributed by atoms with E-state index in [0.29, 0.717) is 0 Å². The molecule has 0 aromatic heterocycles. The summed E-state index contributed by atoms with van der Waals surface area (Å²) in [7, 11) is 0. The van der Waals surface area contributed by atoms with Crippen molar-refractivity contribution < 1.29 is 13.9 Å². The van der Waals surface area contributed by atoms with Crippen LogP contribution in [-0.2, 0) is 0 Å². The minimum atomic E-state index is -1.07. The van der Waals surface area contributed by atoms with Gasteiger partial charge in [0, 0.05) is 0 Å². The Kier molecular flexibility index (Phi) is 4.00. The summed E-state index contributed by atoms with van der Waals surface area (Å²) in [6.45, 7) is 0. The summed E-state index contributed by atoms with van der Waals surface area (Å²) >= 11 is 0. The third kappa shape index (κ3) is 2.79. The molecule has 0 saturated heterocycles. The maximum absolute atomic E-state index is 12.9. The third-order valence-electron chi connectivity index (χ3n) is 1.20. The summed E-state index contributed by atoms with van der Waals surface area (Å²) in [5.41, 5.74) is 9.77. The molecule has 0 radical (unpaired) electrons. The highest BCUT2D eigenvalue weighted by molar-refractivity contribution is 5.85. The number of hydrogen-bond acceptors (Lipinski definition) is 3. The standard InChI is InChI=1S/C7H7FN2O2.ClH/c8-6-4(9)2-1-3-5(6)12-7(10)11;/h1-3H,9H2,(H2,10,11);1H. The number of anilines is 1. The molecule has 6 heteroatoms. The van der Waals surface area contributed by atoms with Crippen molar-refractivity contribution >= 4 is 24.2 Å². The number of carbonyl (C=O) groups is 1. The Bertz CT molecular complexity index is 319. The largest absolute Gasteiger partial charge is 0.410 e. The van der Waals surface area contributed by atoms with Crippen molar-refractivity contribution in [3.05, 3.63) is 24.0 Å². The second-order valence-corrected chi connectivity index (χ2v) is 2.08. The fourth-order valence-electron chi connectivity index (χ4n) is 0.715. The number of rotatable bonds is 1. The van der Waals surface area contributed by atoms with E-state index >= 15 is 0 Å². The smallest absolute Gasteiger partial charge is 0.407 e. The van der Waals surface area contributed by atoms with Gasteiger partial charge in [-0.3, -0.25) is 0 Å². The second kappa shape index (κ2) is 4.51. The molecule has 0 atom stereocenters. The van der Waals surface area contributed by atoms with E-state index in [2.05, 4.69) is 10.5 Å². The summed E-state index contributed by atoms with van der Waals surface area (Å²) in [4.78, 5) is 10.2. The van der Waals surface area contributed by atoms with Crippen LogP contribution in [-0.4, -0.2) is 6.09 Å². The van der Waals surface area contributed by atoms with E-state index in [4.69, 9.17) is 5.73 Å². The van der Waals surface area contributed by atoms with Gasteiger partial charge in [0.25, 0.3) is 0 Å². The summed E-state index contributed by atoms with van der Waals surface area (Å²) in [6, 6.07) is 4.07. The van der Waals surface area contributed by atoms with Crippen LogP contribution in [0.5, 0.6) is 5.75 Å². The van der Waals surface area contributed by atoms with E-state index in [-0.39, 0.29) is 23.8 Å². The zero-order valence-corrected chi connectivity index (χ0v) is 7.31. The topological polar surface area (TPSA) is 78.3 Å². The number of hydrogen-bond donors (Lipinski definition) is 2. The van der Waals surface area contributed by atoms with Gasteiger partial charge in [0.1, 0.15) is 0 Å². The third-order valence-corrected chi connectivity index (χ3v) is 1.20. The fourth-order valence-corrected chi connectivity index (χ4v) is 0.715. The van der Waals surface area contributed by atoms with Crippen molar-refractivity contribution in [1.29, 1.82) is 0 Å². The van der Waals surface area contributed by atoms with E-state index in [1.54, 1.807) is 0 Å². The molecule has 0 bridgehead atoms. The Balaban J connectivity index is 0.00000144. The highest BCUT2D eigenvalue weighted by atomic mass is 35.5. The summed E-state index contributed by atoms with van der Waals surface area (Å²) < 4.78 is 17.2. The summed E-state index contributed by atoms with van der Waals surface area (Å²) in [5, 5.41) is 0. The van der Waals surface area contributed by atoms with E-state index < -0.39 is 11.9 Å². The normalized spacial score (nSPS) is 8.69. The Morgan fingerprint density at radius 2 is 2.08 bits per heavy atom. The van der Waals surface area contributed by atoms with Crippen molar-refractivity contribution in [1.82, 2.24) is 0 Å². The highest BCUT2D eigenvalue weighted by Gasteiger charge is 2.07. The van der Waals surface area contributed by atoms with Gasteiger partial charge in [0.05, 0.1) is 5.69 Å². The maximum Gasteiger partial charge on any atom is 0.410 e. The molecular formula is C7H8ClFN2O2. The van der Waals surface area contributed by atoms with Crippen LogP contribution >= 0.6 is 12.4 Å². The molecule has 1 aromatic rings. The van der Waals surface area contributed by atoms with E-state index in [0.717, 1.165) is 0 Å². The molecule has 0 aliphatic heterocycles. The lowest BCUT2D eigenvalue weighted by Gasteiger charge is -2.02. The fraction of sp³-hybridized carbons (Fsp3) is 0. The maximum atomic E-state index is 12.9. The first-order valence-electron chi connectivity index (χ1n) is 3.12. The van der Waals surface area contributed by atoms with Gasteiger partial charge < -0.3 is 16.2 Å². The summed E-state index contributed by atoms with van der Waals surface area (Å²) in [6.07, 6.45) is -1.07. The van der Waals surface area contributed by atoms with Gasteiger partial charge in [-0.05, 0) is 12.1 Å². The quantitative estimate of drug-likeness (QED) is 0.680. The molecular weight excluding hydrogens is 199 g/mol. The lowest BCUT2D eigenvalue weighted by atomic mass is 10.3. The average Bonchev–Trinajstić information content (AvgIpc) is 1.98. The van der Waals surface area contributed by atoms with Crippen LogP contribution in [0.25, 0.3) is 0 Å². The molecule has 0 aliphatic rings. The van der Waals surface area contributed by atoms with E-state index in [1.807, 2.05) is 0 Å². The van der Waals surface area contributed by atoms with Crippen LogP contribution in [0.2, 0.25) is 0 Å². The molecule has 0 saturated carbocycles. The lowest BCUT2D eigenvalue weighted by molar-refractivity contribution is 0.209. The van der Waals surface area contributed by atoms with Crippen molar-refractivity contribution in [3.8, 4) is 5.75 Å². The van der Waals surface area contributed by atoms with Gasteiger partial charge in [-0.2, -0.15) is 0 Å². The number of carbonyl (C=O) groups excluding carboxylic acids is 1. The molecule has 0 spiro atoms. The minimum absolute atomic E-state index is 0. The molecule has 4 nitrogen and oxygen atoms in total. The number of ether oxygens (including phenoxy) is 1. The molecule has 1 aromatic carbocycles. The van der Waals surface area contributed by atoms with Crippen LogP contribution in [0.3, 0.4) is 0 Å². The molecule has 0 aliphatic carbocycles. The Morgan fingerprint density at radius 3 is 2.62 bits per heavy atom. The number of primary amides is 1. The predicted molar refractivity (Wildman–Crippen MR) is 48.3 cm³/mol. The Hall–Kier alpha value is -1.49. The van der Waals surface area contributed by atoms with Crippen LogP contribution in [0.15, 0.2) is 18.2 Å². The Morgan fingerprint density at radius 1 is 1.46 bits per heavy atom. The second-order valence-electron chi connectivity index (χ2n) is 2.08. The van der Waals surface area contributed by atoms with Crippen molar-refractivity contribution in [2.24, 2.45) is 5.73 Å². The van der Waals surface area contributed by atoms with Crippen molar-refractivity contribution in [2.45, 2.75) is 0 Å². The van der Waals surface area contributed by atoms with Crippen LogP contribution in [0.4, 0.5) is 14.9 Å². The van der Waals surface area contributed by atoms with Gasteiger partial charge in [-0.25, -0.2) is 9.18 Å². The lowest BCUT2D eigenvalue weighted by Crippen LogP contribution is -2.17. The number of nitrogen functional groups attached to an aromatic ring is 1. The average molecular weight is 207 g/mol. The van der Waals surface area contributed by atoms with E-state index in [1.165, 1.54) is 18.2 Å². The molecule has 1 amide bonds. The van der Waals surface area contributed by atoms with Gasteiger partial charge in [0.15, 0.2) is 11.6 Å². The number of halogens is 2.